The molecular formula is C27H31NO5. The number of amides is 1. The number of hydrogen-bond donors (Lipinski definition) is 0. The van der Waals surface area contributed by atoms with Crippen molar-refractivity contribution < 1.29 is 23.8 Å². The van der Waals surface area contributed by atoms with E-state index in [1.165, 1.54) is 0 Å². The maximum absolute atomic E-state index is 13.2. The first-order valence-electron chi connectivity index (χ1n) is 11.1. The molecule has 0 N–H and O–H groups in total. The second-order valence-electron chi connectivity index (χ2n) is 8.23. The molecule has 3 rings (SSSR count). The Balaban J connectivity index is 1.92. The van der Waals surface area contributed by atoms with Crippen LogP contribution in [0, 0.1) is 5.92 Å². The lowest BCUT2D eigenvalue weighted by Crippen LogP contribution is -2.28. The molecule has 0 atom stereocenters. The van der Waals surface area contributed by atoms with Crippen LogP contribution in [0.3, 0.4) is 0 Å². The Bertz CT molecular complexity index is 1070. The van der Waals surface area contributed by atoms with Crippen LogP contribution in [0.2, 0.25) is 0 Å². The van der Waals surface area contributed by atoms with E-state index in [-0.39, 0.29) is 18.4 Å². The maximum Gasteiger partial charge on any atom is 0.340 e. The molecule has 6 heteroatoms. The summed E-state index contributed by atoms with van der Waals surface area (Å²) in [6, 6.07) is 15.3. The Morgan fingerprint density at radius 2 is 1.82 bits per heavy atom. The van der Waals surface area contributed by atoms with Crippen LogP contribution in [-0.4, -0.2) is 37.0 Å². The molecule has 2 aromatic carbocycles. The molecule has 1 amide bonds. The first kappa shape index (κ1) is 24.1. The molecule has 0 aromatic heterocycles. The van der Waals surface area contributed by atoms with Crippen LogP contribution in [0.4, 0.5) is 0 Å². The third-order valence-corrected chi connectivity index (χ3v) is 5.27. The number of carbonyl (C=O) groups is 2. The zero-order valence-corrected chi connectivity index (χ0v) is 19.9. The summed E-state index contributed by atoms with van der Waals surface area (Å²) in [5.41, 5.74) is 3.03. The van der Waals surface area contributed by atoms with Gasteiger partial charge in [-0.15, -0.1) is 0 Å². The summed E-state index contributed by atoms with van der Waals surface area (Å²) in [5.74, 6) is 0.708. The van der Waals surface area contributed by atoms with Gasteiger partial charge in [0.05, 0.1) is 24.9 Å². The lowest BCUT2D eigenvalue weighted by molar-refractivity contribution is -0.138. The zero-order chi connectivity index (χ0) is 24.0. The standard InChI is InChI=1S/C27H31NO5/c1-6-32-27(30)25-19(4)28(16-18(2)3)26(29)22(25)14-21-12-13-23(24(15-21)31-5)33-17-20-10-8-7-9-11-20/h7-15,18H,6,16-17H2,1-5H3. The molecule has 33 heavy (non-hydrogen) atoms. The van der Waals surface area contributed by atoms with Crippen molar-refractivity contribution in [1.82, 2.24) is 4.90 Å². The van der Waals surface area contributed by atoms with Crippen LogP contribution in [-0.2, 0) is 20.9 Å². The van der Waals surface area contributed by atoms with Crippen molar-refractivity contribution in [3.8, 4) is 11.5 Å². The van der Waals surface area contributed by atoms with Crippen molar-refractivity contribution in [2.24, 2.45) is 5.92 Å². The van der Waals surface area contributed by atoms with Gasteiger partial charge in [0.2, 0.25) is 0 Å². The first-order chi connectivity index (χ1) is 15.8. The normalized spacial score (nSPS) is 14.9. The van der Waals surface area contributed by atoms with Crippen molar-refractivity contribution >= 4 is 18.0 Å². The molecule has 1 aliphatic heterocycles. The summed E-state index contributed by atoms with van der Waals surface area (Å²) in [6.45, 7) is 8.78. The molecule has 174 valence electrons. The zero-order valence-electron chi connectivity index (χ0n) is 19.9. The van der Waals surface area contributed by atoms with E-state index in [1.54, 1.807) is 44.1 Å². The predicted molar refractivity (Wildman–Crippen MR) is 128 cm³/mol. The Morgan fingerprint density at radius 3 is 2.45 bits per heavy atom. The van der Waals surface area contributed by atoms with E-state index in [1.807, 2.05) is 50.2 Å². The van der Waals surface area contributed by atoms with Gasteiger partial charge in [-0.25, -0.2) is 4.79 Å². The lowest BCUT2D eigenvalue weighted by Gasteiger charge is -2.20. The minimum absolute atomic E-state index is 0.201. The highest BCUT2D eigenvalue weighted by Crippen LogP contribution is 2.34. The van der Waals surface area contributed by atoms with E-state index in [0.29, 0.717) is 41.5 Å². The van der Waals surface area contributed by atoms with E-state index in [0.717, 1.165) is 11.1 Å². The fraction of sp³-hybridized carbons (Fsp3) is 0.333. The average molecular weight is 450 g/mol. The molecule has 2 aromatic rings. The Morgan fingerprint density at radius 1 is 1.09 bits per heavy atom. The molecule has 0 radical (unpaired) electrons. The number of rotatable bonds is 9. The van der Waals surface area contributed by atoms with E-state index in [4.69, 9.17) is 14.2 Å². The molecule has 0 bridgehead atoms. The number of allylic oxidation sites excluding steroid dienone is 1. The van der Waals surface area contributed by atoms with Crippen LogP contribution in [0.25, 0.3) is 6.08 Å². The molecule has 1 aliphatic rings. The molecule has 6 nitrogen and oxygen atoms in total. The Labute approximate surface area is 195 Å². The fourth-order valence-corrected chi connectivity index (χ4v) is 3.71. The number of benzene rings is 2. The van der Waals surface area contributed by atoms with Crippen LogP contribution in [0.5, 0.6) is 11.5 Å². The molecule has 1 heterocycles. The topological polar surface area (TPSA) is 65.1 Å². The quantitative estimate of drug-likeness (QED) is 0.398. The maximum atomic E-state index is 13.2. The molecule has 0 spiro atoms. The fourth-order valence-electron chi connectivity index (χ4n) is 3.71. The van der Waals surface area contributed by atoms with Crippen molar-refractivity contribution in [2.75, 3.05) is 20.3 Å². The summed E-state index contributed by atoms with van der Waals surface area (Å²) in [4.78, 5) is 27.5. The van der Waals surface area contributed by atoms with Crippen molar-refractivity contribution in [3.05, 3.63) is 76.5 Å². The lowest BCUT2D eigenvalue weighted by atomic mass is 10.0. The van der Waals surface area contributed by atoms with Gasteiger partial charge in [0, 0.05) is 12.2 Å². The number of nitrogens with zero attached hydrogens (tertiary/aromatic N) is 1. The predicted octanol–water partition coefficient (Wildman–Crippen LogP) is 4.99. The smallest absolute Gasteiger partial charge is 0.340 e. The van der Waals surface area contributed by atoms with Gasteiger partial charge in [-0.2, -0.15) is 0 Å². The van der Waals surface area contributed by atoms with Gasteiger partial charge in [0.25, 0.3) is 5.91 Å². The van der Waals surface area contributed by atoms with E-state index in [2.05, 4.69) is 0 Å². The summed E-state index contributed by atoms with van der Waals surface area (Å²) < 4.78 is 16.7. The van der Waals surface area contributed by atoms with E-state index >= 15 is 0 Å². The SMILES string of the molecule is CCOC(=O)C1=C(C)N(CC(C)C)C(=O)C1=Cc1ccc(OCc2ccccc2)c(OC)c1. The largest absolute Gasteiger partial charge is 0.493 e. The number of carbonyl (C=O) groups excluding carboxylic acids is 2. The summed E-state index contributed by atoms with van der Waals surface area (Å²) in [7, 11) is 1.57. The number of hydrogen-bond acceptors (Lipinski definition) is 5. The van der Waals surface area contributed by atoms with Gasteiger partial charge in [0.15, 0.2) is 11.5 Å². The van der Waals surface area contributed by atoms with Gasteiger partial charge in [-0.05, 0) is 49.1 Å². The van der Waals surface area contributed by atoms with E-state index in [9.17, 15) is 9.59 Å². The van der Waals surface area contributed by atoms with Crippen molar-refractivity contribution in [3.63, 3.8) is 0 Å². The van der Waals surface area contributed by atoms with Gasteiger partial charge >= 0.3 is 5.97 Å². The minimum atomic E-state index is -0.490. The highest BCUT2D eigenvalue weighted by Gasteiger charge is 2.37. The number of methoxy groups -OCH3 is 1. The van der Waals surface area contributed by atoms with Gasteiger partial charge in [0.1, 0.15) is 6.61 Å². The Hall–Kier alpha value is -3.54. The van der Waals surface area contributed by atoms with Gasteiger partial charge in [-0.1, -0.05) is 50.2 Å². The second kappa shape index (κ2) is 10.9. The second-order valence-corrected chi connectivity index (χ2v) is 8.23. The van der Waals surface area contributed by atoms with Crippen molar-refractivity contribution in [2.45, 2.75) is 34.3 Å². The Kier molecular flexibility index (Phi) is 7.93. The highest BCUT2D eigenvalue weighted by atomic mass is 16.5. The van der Waals surface area contributed by atoms with Crippen LogP contribution in [0.1, 0.15) is 38.8 Å². The molecule has 0 unspecified atom stereocenters. The molecule has 0 fully saturated rings. The molecule has 0 saturated carbocycles. The first-order valence-corrected chi connectivity index (χ1v) is 11.1. The van der Waals surface area contributed by atoms with Crippen LogP contribution >= 0.6 is 0 Å². The third kappa shape index (κ3) is 5.64. The third-order valence-electron chi connectivity index (χ3n) is 5.27. The highest BCUT2D eigenvalue weighted by molar-refractivity contribution is 6.16. The summed E-state index contributed by atoms with van der Waals surface area (Å²) in [5, 5.41) is 0. The molecular weight excluding hydrogens is 418 g/mol. The number of esters is 1. The molecule has 0 saturated heterocycles. The van der Waals surface area contributed by atoms with Gasteiger partial charge in [-0.3, -0.25) is 4.79 Å². The van der Waals surface area contributed by atoms with Crippen LogP contribution in [0.15, 0.2) is 65.4 Å². The summed E-state index contributed by atoms with van der Waals surface area (Å²) >= 11 is 0. The number of ether oxygens (including phenoxy) is 3. The minimum Gasteiger partial charge on any atom is -0.493 e. The van der Waals surface area contributed by atoms with E-state index < -0.39 is 5.97 Å². The van der Waals surface area contributed by atoms with Gasteiger partial charge < -0.3 is 19.1 Å². The average Bonchev–Trinajstić information content (AvgIpc) is 3.02. The molecule has 0 aliphatic carbocycles. The monoisotopic (exact) mass is 449 g/mol. The summed E-state index contributed by atoms with van der Waals surface area (Å²) in [6.07, 6.45) is 1.71. The van der Waals surface area contributed by atoms with Crippen molar-refractivity contribution in [1.29, 1.82) is 0 Å². The van der Waals surface area contributed by atoms with Crippen LogP contribution < -0.4 is 9.47 Å².